The molecule has 0 heterocycles. The van der Waals surface area contributed by atoms with Crippen molar-refractivity contribution in [2.24, 2.45) is 0 Å². The number of ether oxygens (including phenoxy) is 2. The third-order valence-electron chi connectivity index (χ3n) is 5.72. The zero-order valence-electron chi connectivity index (χ0n) is 18.8. The molecule has 32 heavy (non-hydrogen) atoms. The van der Waals surface area contributed by atoms with Crippen LogP contribution in [-0.2, 0) is 27.5 Å². The molecule has 1 unspecified atom stereocenters. The SMILES string of the molecule is Cc1ccc(COC2C[C@](OCc3ccccc3F)(C(=O)NC(C)C)C[C@@H](O)[C@H]2O)cc1. The van der Waals surface area contributed by atoms with Gasteiger partial charge in [-0.25, -0.2) is 4.39 Å². The molecule has 174 valence electrons. The fourth-order valence-electron chi connectivity index (χ4n) is 3.87. The van der Waals surface area contributed by atoms with Crippen LogP contribution < -0.4 is 5.32 Å². The molecule has 3 N–H and O–H groups in total. The molecule has 0 aliphatic heterocycles. The van der Waals surface area contributed by atoms with Gasteiger partial charge in [0.25, 0.3) is 5.91 Å². The van der Waals surface area contributed by atoms with Gasteiger partial charge < -0.3 is 25.0 Å². The summed E-state index contributed by atoms with van der Waals surface area (Å²) in [6.45, 7) is 5.69. The minimum absolute atomic E-state index is 0.0318. The molecule has 0 bridgehead atoms. The lowest BCUT2D eigenvalue weighted by molar-refractivity contribution is -0.200. The Hall–Kier alpha value is -2.32. The Balaban J connectivity index is 1.80. The fraction of sp³-hybridized carbons (Fsp3) is 0.480. The minimum atomic E-state index is -1.47. The molecule has 1 amide bonds. The molecule has 0 saturated heterocycles. The first-order valence-corrected chi connectivity index (χ1v) is 10.9. The first-order valence-electron chi connectivity index (χ1n) is 10.9. The Bertz CT molecular complexity index is 903. The molecule has 0 radical (unpaired) electrons. The van der Waals surface area contributed by atoms with Crippen LogP contribution in [0.3, 0.4) is 0 Å². The maximum Gasteiger partial charge on any atom is 0.252 e. The Kier molecular flexibility index (Phi) is 8.00. The maximum absolute atomic E-state index is 14.1. The van der Waals surface area contributed by atoms with E-state index < -0.39 is 35.6 Å². The van der Waals surface area contributed by atoms with Gasteiger partial charge in [0.05, 0.1) is 25.4 Å². The standard InChI is InChI=1S/C25H32FNO5/c1-16(2)27-24(30)25(32-15-19-6-4-5-7-20(19)26)12-21(28)23(29)22(13-25)31-14-18-10-8-17(3)9-11-18/h4-11,16,21-23,28-29H,12-15H2,1-3H3,(H,27,30)/t21-,22?,23-,25+/m1/s1. The minimum Gasteiger partial charge on any atom is -0.390 e. The van der Waals surface area contributed by atoms with Crippen molar-refractivity contribution in [2.75, 3.05) is 0 Å². The number of benzene rings is 2. The van der Waals surface area contributed by atoms with E-state index in [0.29, 0.717) is 5.56 Å². The fourth-order valence-corrected chi connectivity index (χ4v) is 3.87. The number of amides is 1. The Morgan fingerprint density at radius 2 is 1.81 bits per heavy atom. The molecule has 2 aromatic rings. The second-order valence-electron chi connectivity index (χ2n) is 8.80. The van der Waals surface area contributed by atoms with Crippen molar-refractivity contribution < 1.29 is 28.9 Å². The van der Waals surface area contributed by atoms with Gasteiger partial charge in [-0.3, -0.25) is 4.79 Å². The Morgan fingerprint density at radius 3 is 2.47 bits per heavy atom. The smallest absolute Gasteiger partial charge is 0.252 e. The maximum atomic E-state index is 14.1. The van der Waals surface area contributed by atoms with Crippen LogP contribution in [0.15, 0.2) is 48.5 Å². The number of aliphatic hydroxyl groups is 2. The van der Waals surface area contributed by atoms with Gasteiger partial charge in [0.15, 0.2) is 5.60 Å². The lowest BCUT2D eigenvalue weighted by Gasteiger charge is -2.44. The van der Waals surface area contributed by atoms with Crippen LogP contribution >= 0.6 is 0 Å². The third kappa shape index (κ3) is 5.92. The van der Waals surface area contributed by atoms with E-state index in [1.54, 1.807) is 18.2 Å². The van der Waals surface area contributed by atoms with Gasteiger partial charge in [0.2, 0.25) is 0 Å². The van der Waals surface area contributed by atoms with Crippen molar-refractivity contribution >= 4 is 5.91 Å². The highest BCUT2D eigenvalue weighted by Gasteiger charge is 2.51. The van der Waals surface area contributed by atoms with Crippen molar-refractivity contribution in [2.45, 2.75) is 76.8 Å². The van der Waals surface area contributed by atoms with Crippen molar-refractivity contribution in [3.63, 3.8) is 0 Å². The van der Waals surface area contributed by atoms with Crippen molar-refractivity contribution in [3.05, 3.63) is 71.0 Å². The molecule has 7 heteroatoms. The second kappa shape index (κ2) is 10.5. The Morgan fingerprint density at radius 1 is 1.12 bits per heavy atom. The van der Waals surface area contributed by atoms with E-state index in [-0.39, 0.29) is 32.1 Å². The summed E-state index contributed by atoms with van der Waals surface area (Å²) in [7, 11) is 0. The lowest BCUT2D eigenvalue weighted by Crippen LogP contribution is -2.61. The topological polar surface area (TPSA) is 88.0 Å². The molecule has 1 aliphatic rings. The molecule has 4 atom stereocenters. The molecule has 0 spiro atoms. The molecule has 1 aliphatic carbocycles. The summed E-state index contributed by atoms with van der Waals surface area (Å²) in [6, 6.07) is 13.8. The van der Waals surface area contributed by atoms with Gasteiger partial charge in [-0.15, -0.1) is 0 Å². The summed E-state index contributed by atoms with van der Waals surface area (Å²) in [5, 5.41) is 24.0. The summed E-state index contributed by atoms with van der Waals surface area (Å²) >= 11 is 0. The molecule has 1 fully saturated rings. The quantitative estimate of drug-likeness (QED) is 0.581. The number of nitrogens with one attached hydrogen (secondary N) is 1. The summed E-state index contributed by atoms with van der Waals surface area (Å²) in [5.74, 6) is -0.853. The molecule has 6 nitrogen and oxygen atoms in total. The van der Waals surface area contributed by atoms with Crippen molar-refractivity contribution in [3.8, 4) is 0 Å². The van der Waals surface area contributed by atoms with Gasteiger partial charge >= 0.3 is 0 Å². The number of carbonyl (C=O) groups is 1. The van der Waals surface area contributed by atoms with E-state index >= 15 is 0 Å². The average molecular weight is 446 g/mol. The molecular weight excluding hydrogens is 413 g/mol. The van der Waals surface area contributed by atoms with Crippen LogP contribution in [0.5, 0.6) is 0 Å². The van der Waals surface area contributed by atoms with Crippen molar-refractivity contribution in [1.82, 2.24) is 5.32 Å². The summed E-state index contributed by atoms with van der Waals surface area (Å²) in [4.78, 5) is 13.2. The summed E-state index contributed by atoms with van der Waals surface area (Å²) in [6.07, 6.45) is -3.32. The monoisotopic (exact) mass is 445 g/mol. The predicted octanol–water partition coefficient (Wildman–Crippen LogP) is 3.02. The highest BCUT2D eigenvalue weighted by atomic mass is 19.1. The molecule has 2 aromatic carbocycles. The lowest BCUT2D eigenvalue weighted by atomic mass is 9.78. The van der Waals surface area contributed by atoms with E-state index in [2.05, 4.69) is 5.32 Å². The highest BCUT2D eigenvalue weighted by molar-refractivity contribution is 5.85. The zero-order valence-corrected chi connectivity index (χ0v) is 18.8. The molecule has 3 rings (SSSR count). The summed E-state index contributed by atoms with van der Waals surface area (Å²) < 4.78 is 26.1. The van der Waals surface area contributed by atoms with E-state index in [1.165, 1.54) is 6.07 Å². The van der Waals surface area contributed by atoms with Gasteiger partial charge in [-0.05, 0) is 32.4 Å². The average Bonchev–Trinajstić information content (AvgIpc) is 2.75. The number of aryl methyl sites for hydroxylation is 1. The first kappa shape index (κ1) is 24.3. The number of aliphatic hydroxyl groups excluding tert-OH is 2. The highest BCUT2D eigenvalue weighted by Crippen LogP contribution is 2.36. The zero-order chi connectivity index (χ0) is 23.3. The van der Waals surface area contributed by atoms with Crippen LogP contribution in [0.2, 0.25) is 0 Å². The molecular formula is C25H32FNO5. The number of rotatable bonds is 8. The van der Waals surface area contributed by atoms with Crippen LogP contribution in [0.4, 0.5) is 4.39 Å². The molecule has 0 aromatic heterocycles. The van der Waals surface area contributed by atoms with E-state index in [4.69, 9.17) is 9.47 Å². The van der Waals surface area contributed by atoms with Gasteiger partial charge in [-0.2, -0.15) is 0 Å². The van der Waals surface area contributed by atoms with E-state index in [0.717, 1.165) is 11.1 Å². The van der Waals surface area contributed by atoms with E-state index in [9.17, 15) is 19.4 Å². The summed E-state index contributed by atoms with van der Waals surface area (Å²) in [5.41, 5.74) is 0.866. The van der Waals surface area contributed by atoms with Gasteiger partial charge in [0, 0.05) is 24.4 Å². The van der Waals surface area contributed by atoms with Crippen LogP contribution in [-0.4, -0.2) is 46.1 Å². The van der Waals surface area contributed by atoms with E-state index in [1.807, 2.05) is 45.0 Å². The third-order valence-corrected chi connectivity index (χ3v) is 5.72. The number of hydrogen-bond donors (Lipinski definition) is 3. The molecule has 1 saturated carbocycles. The number of halogens is 1. The van der Waals surface area contributed by atoms with Crippen LogP contribution in [0, 0.1) is 12.7 Å². The number of hydrogen-bond acceptors (Lipinski definition) is 5. The number of carbonyl (C=O) groups excluding carboxylic acids is 1. The predicted molar refractivity (Wildman–Crippen MR) is 118 cm³/mol. The van der Waals surface area contributed by atoms with Gasteiger partial charge in [-0.1, -0.05) is 48.0 Å². The first-order chi connectivity index (χ1) is 15.2. The van der Waals surface area contributed by atoms with Crippen LogP contribution in [0.1, 0.15) is 43.4 Å². The largest absolute Gasteiger partial charge is 0.390 e. The Labute approximate surface area is 188 Å². The second-order valence-corrected chi connectivity index (χ2v) is 8.80. The van der Waals surface area contributed by atoms with Crippen molar-refractivity contribution in [1.29, 1.82) is 0 Å². The van der Waals surface area contributed by atoms with Gasteiger partial charge in [0.1, 0.15) is 11.9 Å². The normalized spacial score (nSPS) is 25.7. The van der Waals surface area contributed by atoms with Crippen LogP contribution in [0.25, 0.3) is 0 Å².